The molecule has 1 fully saturated rings. The van der Waals surface area contributed by atoms with Crippen molar-refractivity contribution in [2.45, 2.75) is 51.7 Å². The van der Waals surface area contributed by atoms with Crippen LogP contribution in [0, 0.1) is 11.3 Å². The minimum Gasteiger partial charge on any atom is -0.444 e. The van der Waals surface area contributed by atoms with Gasteiger partial charge in [0, 0.05) is 6.54 Å². The van der Waals surface area contributed by atoms with E-state index in [1.807, 2.05) is 6.07 Å². The number of carbonyl (C=O) groups excluding carboxylic acids is 2. The summed E-state index contributed by atoms with van der Waals surface area (Å²) in [5.41, 5.74) is -0.581. The van der Waals surface area contributed by atoms with Gasteiger partial charge in [0.1, 0.15) is 18.2 Å². The van der Waals surface area contributed by atoms with Crippen LogP contribution in [-0.4, -0.2) is 41.6 Å². The summed E-state index contributed by atoms with van der Waals surface area (Å²) < 4.78 is 5.30. The van der Waals surface area contributed by atoms with Gasteiger partial charge >= 0.3 is 6.09 Å². The molecule has 1 rings (SSSR count). The first-order chi connectivity index (χ1) is 8.85. The van der Waals surface area contributed by atoms with Gasteiger partial charge in [-0.05, 0) is 40.0 Å². The van der Waals surface area contributed by atoms with Gasteiger partial charge in [-0.2, -0.15) is 5.26 Å². The second kappa shape index (κ2) is 6.41. The minimum absolute atomic E-state index is 0.0442. The number of likely N-dealkylation sites (tertiary alicyclic amines) is 1. The first-order valence-electron chi connectivity index (χ1n) is 6.49. The molecule has 1 atom stereocenters. The quantitative estimate of drug-likeness (QED) is 0.767. The fourth-order valence-corrected chi connectivity index (χ4v) is 1.99. The van der Waals surface area contributed by atoms with Crippen molar-refractivity contribution >= 4 is 12.0 Å². The molecule has 1 heterocycles. The predicted octanol–water partition coefficient (Wildman–Crippen LogP) is 1.42. The SMILES string of the molecule is CC(C)(C)OC(=O)N1CCCC[C@H]1C(=O)NCC#N. The van der Waals surface area contributed by atoms with Gasteiger partial charge in [-0.25, -0.2) is 4.79 Å². The Hall–Kier alpha value is -1.77. The summed E-state index contributed by atoms with van der Waals surface area (Å²) in [5, 5.41) is 11.0. The molecule has 0 bridgehead atoms. The van der Waals surface area contributed by atoms with Crippen LogP contribution >= 0.6 is 0 Å². The Morgan fingerprint density at radius 3 is 2.68 bits per heavy atom. The van der Waals surface area contributed by atoms with Crippen LogP contribution in [0.5, 0.6) is 0 Å². The number of nitrogens with one attached hydrogen (secondary N) is 1. The molecule has 0 aromatic rings. The molecule has 0 aromatic heterocycles. The summed E-state index contributed by atoms with van der Waals surface area (Å²) in [7, 11) is 0. The lowest BCUT2D eigenvalue weighted by molar-refractivity contribution is -0.127. The lowest BCUT2D eigenvalue weighted by Gasteiger charge is -2.35. The van der Waals surface area contributed by atoms with Crippen molar-refractivity contribution in [1.29, 1.82) is 5.26 Å². The van der Waals surface area contributed by atoms with Gasteiger partial charge in [0.2, 0.25) is 5.91 Å². The number of ether oxygens (including phenoxy) is 1. The second-order valence-electron chi connectivity index (χ2n) is 5.56. The molecule has 0 saturated carbocycles. The third kappa shape index (κ3) is 4.78. The predicted molar refractivity (Wildman–Crippen MR) is 69.2 cm³/mol. The number of nitriles is 1. The average molecular weight is 267 g/mol. The average Bonchev–Trinajstić information content (AvgIpc) is 2.34. The standard InChI is InChI=1S/C13H21N3O3/c1-13(2,3)19-12(18)16-9-5-4-6-10(16)11(17)15-8-7-14/h10H,4-6,8-9H2,1-3H3,(H,15,17)/t10-/m0/s1. The highest BCUT2D eigenvalue weighted by Gasteiger charge is 2.34. The smallest absolute Gasteiger partial charge is 0.410 e. The van der Waals surface area contributed by atoms with E-state index in [9.17, 15) is 9.59 Å². The number of hydrogen-bond acceptors (Lipinski definition) is 4. The summed E-state index contributed by atoms with van der Waals surface area (Å²) in [6.07, 6.45) is 1.89. The van der Waals surface area contributed by atoms with E-state index >= 15 is 0 Å². The molecule has 1 saturated heterocycles. The summed E-state index contributed by atoms with van der Waals surface area (Å²) in [4.78, 5) is 25.4. The number of carbonyl (C=O) groups is 2. The van der Waals surface area contributed by atoms with E-state index in [0.29, 0.717) is 13.0 Å². The molecule has 0 spiro atoms. The van der Waals surface area contributed by atoms with Crippen molar-refractivity contribution in [2.24, 2.45) is 0 Å². The molecule has 1 aliphatic rings. The maximum atomic E-state index is 12.1. The Kier molecular flexibility index (Phi) is 5.16. The maximum Gasteiger partial charge on any atom is 0.410 e. The van der Waals surface area contributed by atoms with Gasteiger partial charge in [-0.15, -0.1) is 0 Å². The lowest BCUT2D eigenvalue weighted by atomic mass is 10.0. The topological polar surface area (TPSA) is 82.4 Å². The molecule has 1 N–H and O–H groups in total. The highest BCUT2D eigenvalue weighted by atomic mass is 16.6. The molecule has 1 aliphatic heterocycles. The van der Waals surface area contributed by atoms with Crippen molar-refractivity contribution in [3.05, 3.63) is 0 Å². The molecular formula is C13H21N3O3. The number of rotatable bonds is 2. The fourth-order valence-electron chi connectivity index (χ4n) is 1.99. The Morgan fingerprint density at radius 2 is 2.11 bits per heavy atom. The van der Waals surface area contributed by atoms with Crippen LogP contribution in [0.15, 0.2) is 0 Å². The Labute approximate surface area is 113 Å². The van der Waals surface area contributed by atoms with Crippen LogP contribution in [0.3, 0.4) is 0 Å². The Morgan fingerprint density at radius 1 is 1.42 bits per heavy atom. The largest absolute Gasteiger partial charge is 0.444 e. The zero-order chi connectivity index (χ0) is 14.5. The van der Waals surface area contributed by atoms with Crippen molar-refractivity contribution in [1.82, 2.24) is 10.2 Å². The summed E-state index contributed by atoms with van der Waals surface area (Å²) in [6.45, 7) is 5.84. The number of nitrogens with zero attached hydrogens (tertiary/aromatic N) is 2. The monoisotopic (exact) mass is 267 g/mol. The summed E-state index contributed by atoms with van der Waals surface area (Å²) in [6, 6.07) is 1.32. The van der Waals surface area contributed by atoms with Crippen molar-refractivity contribution in [2.75, 3.05) is 13.1 Å². The Balaban J connectivity index is 2.69. The van der Waals surface area contributed by atoms with Gasteiger partial charge in [0.05, 0.1) is 6.07 Å². The van der Waals surface area contributed by atoms with E-state index in [1.54, 1.807) is 20.8 Å². The van der Waals surface area contributed by atoms with Crippen LogP contribution in [0.1, 0.15) is 40.0 Å². The summed E-state index contributed by atoms with van der Waals surface area (Å²) in [5.74, 6) is -0.285. The zero-order valence-corrected chi connectivity index (χ0v) is 11.7. The molecule has 6 nitrogen and oxygen atoms in total. The van der Waals surface area contributed by atoms with Gasteiger partial charge in [0.25, 0.3) is 0 Å². The zero-order valence-electron chi connectivity index (χ0n) is 11.7. The molecule has 19 heavy (non-hydrogen) atoms. The summed E-state index contributed by atoms with van der Waals surface area (Å²) >= 11 is 0. The molecule has 0 aliphatic carbocycles. The number of amides is 2. The second-order valence-corrected chi connectivity index (χ2v) is 5.56. The van der Waals surface area contributed by atoms with E-state index < -0.39 is 17.7 Å². The van der Waals surface area contributed by atoms with Crippen LogP contribution in [0.4, 0.5) is 4.79 Å². The van der Waals surface area contributed by atoms with Gasteiger partial charge in [0.15, 0.2) is 0 Å². The fraction of sp³-hybridized carbons (Fsp3) is 0.769. The van der Waals surface area contributed by atoms with Crippen LogP contribution < -0.4 is 5.32 Å². The van der Waals surface area contributed by atoms with Crippen molar-refractivity contribution < 1.29 is 14.3 Å². The molecule has 0 aromatic carbocycles. The molecular weight excluding hydrogens is 246 g/mol. The van der Waals surface area contributed by atoms with Gasteiger partial charge in [-0.1, -0.05) is 0 Å². The van der Waals surface area contributed by atoms with Gasteiger partial charge in [-0.3, -0.25) is 9.69 Å². The van der Waals surface area contributed by atoms with E-state index in [1.165, 1.54) is 4.90 Å². The highest BCUT2D eigenvalue weighted by Crippen LogP contribution is 2.20. The molecule has 106 valence electrons. The van der Waals surface area contributed by atoms with Crippen LogP contribution in [0.25, 0.3) is 0 Å². The lowest BCUT2D eigenvalue weighted by Crippen LogP contribution is -2.53. The molecule has 0 unspecified atom stereocenters. The number of piperidine rings is 1. The normalized spacial score (nSPS) is 19.5. The Bertz CT molecular complexity index is 382. The third-order valence-electron chi connectivity index (χ3n) is 2.78. The van der Waals surface area contributed by atoms with E-state index in [0.717, 1.165) is 12.8 Å². The number of hydrogen-bond donors (Lipinski definition) is 1. The highest BCUT2D eigenvalue weighted by molar-refractivity contribution is 5.86. The first kappa shape index (κ1) is 15.3. The third-order valence-corrected chi connectivity index (χ3v) is 2.78. The van der Waals surface area contributed by atoms with Crippen LogP contribution in [-0.2, 0) is 9.53 Å². The molecule has 0 radical (unpaired) electrons. The van der Waals surface area contributed by atoms with Crippen molar-refractivity contribution in [3.63, 3.8) is 0 Å². The molecule has 6 heteroatoms. The van der Waals surface area contributed by atoms with E-state index in [4.69, 9.17) is 10.00 Å². The van der Waals surface area contributed by atoms with Crippen molar-refractivity contribution in [3.8, 4) is 6.07 Å². The van der Waals surface area contributed by atoms with E-state index in [2.05, 4.69) is 5.32 Å². The maximum absolute atomic E-state index is 12.1. The minimum atomic E-state index is -0.581. The molecule has 2 amide bonds. The van der Waals surface area contributed by atoms with E-state index in [-0.39, 0.29) is 12.5 Å². The first-order valence-corrected chi connectivity index (χ1v) is 6.49. The van der Waals surface area contributed by atoms with Crippen LogP contribution in [0.2, 0.25) is 0 Å². The van der Waals surface area contributed by atoms with Gasteiger partial charge < -0.3 is 10.1 Å².